The van der Waals surface area contributed by atoms with Crippen LogP contribution in [0, 0.1) is 6.92 Å². The smallest absolute Gasteiger partial charge is 0.367 e. The van der Waals surface area contributed by atoms with Gasteiger partial charge < -0.3 is 4.74 Å². The third kappa shape index (κ3) is 2.01. The monoisotopic (exact) mass is 170 g/mol. The second kappa shape index (κ2) is 3.48. The average molecular weight is 170 g/mol. The van der Waals surface area contributed by atoms with Gasteiger partial charge in [0.15, 0.2) is 0 Å². The van der Waals surface area contributed by atoms with Crippen molar-refractivity contribution in [1.29, 1.82) is 0 Å². The Kier molecular flexibility index (Phi) is 2.59. The zero-order valence-electron chi connectivity index (χ0n) is 6.16. The quantitative estimate of drug-likeness (QED) is 0.631. The summed E-state index contributed by atoms with van der Waals surface area (Å²) in [6.07, 6.45) is 1.55. The molecule has 1 heterocycles. The van der Waals surface area contributed by atoms with Gasteiger partial charge in [0.05, 0.1) is 6.61 Å². The number of aromatic nitrogens is 1. The summed E-state index contributed by atoms with van der Waals surface area (Å²) in [5, 5.41) is 0.372. The van der Waals surface area contributed by atoms with Crippen molar-refractivity contribution >= 4 is 17.3 Å². The second-order valence-electron chi connectivity index (χ2n) is 1.85. The van der Waals surface area contributed by atoms with E-state index >= 15 is 0 Å². The number of rotatable bonds is 2. The van der Waals surface area contributed by atoms with Gasteiger partial charge in [0, 0.05) is 11.1 Å². The van der Waals surface area contributed by atoms with Crippen LogP contribution in [-0.2, 0) is 4.74 Å². The lowest BCUT2D eigenvalue weighted by atomic mass is 10.6. The Balaban J connectivity index is 2.69. The van der Waals surface area contributed by atoms with E-state index in [4.69, 9.17) is 4.74 Å². The van der Waals surface area contributed by atoms with Crippen LogP contribution in [0.1, 0.15) is 21.6 Å². The number of nitrogens with zero attached hydrogens (tertiary/aromatic N) is 1. The molecule has 0 aliphatic rings. The summed E-state index contributed by atoms with van der Waals surface area (Å²) < 4.78 is 4.72. The van der Waals surface area contributed by atoms with Crippen molar-refractivity contribution in [3.05, 3.63) is 23.0 Å². The molecule has 4 heteroatoms. The molecule has 3 nitrogen and oxygen atoms in total. The molecule has 0 aliphatic heterocycles. The van der Waals surface area contributed by atoms with Gasteiger partial charge in [-0.15, -0.1) is 11.3 Å². The summed E-state index contributed by atoms with van der Waals surface area (Å²) in [7, 11) is 0. The van der Waals surface area contributed by atoms with E-state index in [0.29, 0.717) is 11.6 Å². The summed E-state index contributed by atoms with van der Waals surface area (Å²) in [6, 6.07) is 0. The van der Waals surface area contributed by atoms with Crippen LogP contribution in [0.15, 0.2) is 6.20 Å². The van der Waals surface area contributed by atoms with Gasteiger partial charge in [0.25, 0.3) is 0 Å². The number of esters is 1. The topological polar surface area (TPSA) is 39.2 Å². The molecule has 1 rings (SSSR count). The number of thiazole rings is 1. The number of ether oxygens (including phenoxy) is 1. The first kappa shape index (κ1) is 8.20. The van der Waals surface area contributed by atoms with E-state index in [2.05, 4.69) is 11.9 Å². The fourth-order valence-electron chi connectivity index (χ4n) is 0.595. The highest BCUT2D eigenvalue weighted by atomic mass is 32.1. The van der Waals surface area contributed by atoms with Gasteiger partial charge in [-0.2, -0.15) is 0 Å². The maximum Gasteiger partial charge on any atom is 0.367 e. The number of carbonyl (C=O) groups is 1. The van der Waals surface area contributed by atoms with Crippen molar-refractivity contribution in [2.45, 2.75) is 6.92 Å². The van der Waals surface area contributed by atoms with E-state index in [-0.39, 0.29) is 5.97 Å². The van der Waals surface area contributed by atoms with Crippen LogP contribution in [-0.4, -0.2) is 17.6 Å². The highest BCUT2D eigenvalue weighted by Crippen LogP contribution is 2.11. The molecule has 0 amide bonds. The molecule has 1 aromatic heterocycles. The molecule has 0 bridgehead atoms. The van der Waals surface area contributed by atoms with Gasteiger partial charge in [-0.05, 0) is 13.8 Å². The Morgan fingerprint density at radius 3 is 3.09 bits per heavy atom. The Hall–Kier alpha value is -0.900. The van der Waals surface area contributed by atoms with Gasteiger partial charge in [-0.3, -0.25) is 0 Å². The van der Waals surface area contributed by atoms with Crippen LogP contribution >= 0.6 is 11.3 Å². The van der Waals surface area contributed by atoms with Crippen LogP contribution in [0.5, 0.6) is 0 Å². The minimum atomic E-state index is -0.368. The van der Waals surface area contributed by atoms with Crippen molar-refractivity contribution < 1.29 is 9.53 Å². The summed E-state index contributed by atoms with van der Waals surface area (Å²) in [5.41, 5.74) is 0. The molecule has 0 fully saturated rings. The van der Waals surface area contributed by atoms with Gasteiger partial charge >= 0.3 is 5.97 Å². The van der Waals surface area contributed by atoms with E-state index in [0.717, 1.165) is 4.88 Å². The van der Waals surface area contributed by atoms with E-state index < -0.39 is 0 Å². The highest BCUT2D eigenvalue weighted by molar-refractivity contribution is 7.13. The minimum absolute atomic E-state index is 0.368. The lowest BCUT2D eigenvalue weighted by molar-refractivity contribution is 0.0526. The molecule has 0 saturated carbocycles. The Morgan fingerprint density at radius 2 is 2.64 bits per heavy atom. The fourth-order valence-corrected chi connectivity index (χ4v) is 1.20. The van der Waals surface area contributed by atoms with Crippen LogP contribution in [0.4, 0.5) is 0 Å². The molecule has 0 unspecified atom stereocenters. The van der Waals surface area contributed by atoms with Crippen LogP contribution in [0.25, 0.3) is 0 Å². The first-order chi connectivity index (χ1) is 5.24. The van der Waals surface area contributed by atoms with Gasteiger partial charge in [-0.1, -0.05) is 0 Å². The number of carbonyl (C=O) groups excluding carboxylic acids is 1. The lowest BCUT2D eigenvalue weighted by Gasteiger charge is -1.94. The van der Waals surface area contributed by atoms with Crippen LogP contribution < -0.4 is 0 Å². The zero-order chi connectivity index (χ0) is 8.27. The minimum Gasteiger partial charge on any atom is -0.461 e. The summed E-state index contributed by atoms with van der Waals surface area (Å²) in [4.78, 5) is 15.5. The van der Waals surface area contributed by atoms with E-state index in [1.54, 1.807) is 13.1 Å². The largest absolute Gasteiger partial charge is 0.461 e. The van der Waals surface area contributed by atoms with E-state index in [1.807, 2.05) is 0 Å². The Labute approximate surface area is 69.0 Å². The Bertz CT molecular complexity index is 257. The third-order valence-corrected chi connectivity index (χ3v) is 1.84. The van der Waals surface area contributed by atoms with Gasteiger partial charge in [0.2, 0.25) is 5.01 Å². The molecule has 59 valence electrons. The van der Waals surface area contributed by atoms with E-state index in [1.165, 1.54) is 11.3 Å². The molecule has 0 N–H and O–H groups in total. The van der Waals surface area contributed by atoms with Crippen molar-refractivity contribution in [3.63, 3.8) is 0 Å². The molecule has 0 aromatic carbocycles. The standard InChI is InChI=1S/C7H8NO2S/c1-3-10-7(9)6-8-4-5(2)11-6/h4H,2-3H2,1H3. The average Bonchev–Trinajstić information content (AvgIpc) is 2.36. The maximum atomic E-state index is 11.0. The van der Waals surface area contributed by atoms with Crippen molar-refractivity contribution in [2.24, 2.45) is 0 Å². The molecular formula is C7H8NO2S. The molecule has 0 atom stereocenters. The molecular weight excluding hydrogens is 162 g/mol. The van der Waals surface area contributed by atoms with Crippen molar-refractivity contribution in [1.82, 2.24) is 4.98 Å². The molecule has 0 spiro atoms. The highest BCUT2D eigenvalue weighted by Gasteiger charge is 2.09. The van der Waals surface area contributed by atoms with Gasteiger partial charge in [-0.25, -0.2) is 9.78 Å². The predicted molar refractivity (Wildman–Crippen MR) is 42.5 cm³/mol. The van der Waals surface area contributed by atoms with Crippen molar-refractivity contribution in [3.8, 4) is 0 Å². The first-order valence-electron chi connectivity index (χ1n) is 3.19. The third-order valence-electron chi connectivity index (χ3n) is 1.00. The molecule has 0 aliphatic carbocycles. The summed E-state index contributed by atoms with van der Waals surface area (Å²) >= 11 is 1.24. The maximum absolute atomic E-state index is 11.0. The Morgan fingerprint density at radius 1 is 1.91 bits per heavy atom. The lowest BCUT2D eigenvalue weighted by Crippen LogP contribution is -2.03. The first-order valence-corrected chi connectivity index (χ1v) is 4.00. The van der Waals surface area contributed by atoms with Gasteiger partial charge in [0.1, 0.15) is 0 Å². The molecule has 11 heavy (non-hydrogen) atoms. The molecule has 1 aromatic rings. The molecule has 1 radical (unpaired) electrons. The summed E-state index contributed by atoms with van der Waals surface area (Å²) in [5.74, 6) is -0.368. The van der Waals surface area contributed by atoms with E-state index in [9.17, 15) is 4.79 Å². The number of hydrogen-bond donors (Lipinski definition) is 0. The SMILES string of the molecule is [CH2]c1cnc(C(=O)OCC)s1. The van der Waals surface area contributed by atoms with Crippen LogP contribution in [0.2, 0.25) is 0 Å². The zero-order valence-corrected chi connectivity index (χ0v) is 6.98. The molecule has 0 saturated heterocycles. The predicted octanol–water partition coefficient (Wildman–Crippen LogP) is 1.50. The summed E-state index contributed by atoms with van der Waals surface area (Å²) in [6.45, 7) is 5.77. The number of hydrogen-bond acceptors (Lipinski definition) is 4. The van der Waals surface area contributed by atoms with Crippen molar-refractivity contribution in [2.75, 3.05) is 6.61 Å². The normalized spacial score (nSPS) is 9.64. The van der Waals surface area contributed by atoms with Crippen LogP contribution in [0.3, 0.4) is 0 Å². The fraction of sp³-hybridized carbons (Fsp3) is 0.286. The second-order valence-corrected chi connectivity index (χ2v) is 2.97.